The maximum absolute atomic E-state index is 12.9. The summed E-state index contributed by atoms with van der Waals surface area (Å²) >= 11 is 0. The molecule has 1 N–H and O–H groups in total. The third-order valence-electron chi connectivity index (χ3n) is 5.61. The van der Waals surface area contributed by atoms with Crippen LogP contribution in [0.5, 0.6) is 0 Å². The van der Waals surface area contributed by atoms with Gasteiger partial charge < -0.3 is 10.1 Å². The number of benzene rings is 1. The minimum atomic E-state index is -3.47. The maximum atomic E-state index is 12.9. The molecule has 0 radical (unpaired) electrons. The van der Waals surface area contributed by atoms with Gasteiger partial charge in [0.25, 0.3) is 0 Å². The number of nitrogens with zero attached hydrogens (tertiary/aromatic N) is 1. The van der Waals surface area contributed by atoms with Crippen molar-refractivity contribution in [3.8, 4) is 0 Å². The SMILES string of the molecule is COCCCCNC(=O)C1CCN(S(=O)(=O)c2ccc3c(c2)CCC3)CC1. The number of ether oxygens (including phenoxy) is 1. The lowest BCUT2D eigenvalue weighted by Gasteiger charge is -2.30. The number of sulfonamides is 1. The summed E-state index contributed by atoms with van der Waals surface area (Å²) in [6.07, 6.45) is 6.08. The zero-order valence-corrected chi connectivity index (χ0v) is 16.9. The van der Waals surface area contributed by atoms with E-state index in [1.807, 2.05) is 12.1 Å². The van der Waals surface area contributed by atoms with Gasteiger partial charge in [0, 0.05) is 39.3 Å². The summed E-state index contributed by atoms with van der Waals surface area (Å²) in [5.41, 5.74) is 2.44. The molecule has 0 saturated carbocycles. The standard InChI is InChI=1S/C20H30N2O4S/c1-26-14-3-2-11-21-20(23)17-9-12-22(13-10-17)27(24,25)19-8-7-16-5-4-6-18(16)15-19/h7-8,15,17H,2-6,9-14H2,1H3,(H,21,23). The number of aryl methyl sites for hydroxylation is 2. The van der Waals surface area contributed by atoms with Crippen molar-refractivity contribution in [3.05, 3.63) is 29.3 Å². The second-order valence-corrected chi connectivity index (χ2v) is 9.39. The molecule has 6 nitrogen and oxygen atoms in total. The number of methoxy groups -OCH3 is 1. The lowest BCUT2D eigenvalue weighted by molar-refractivity contribution is -0.126. The van der Waals surface area contributed by atoms with E-state index in [0.29, 0.717) is 44.0 Å². The van der Waals surface area contributed by atoms with E-state index < -0.39 is 10.0 Å². The van der Waals surface area contributed by atoms with E-state index in [1.165, 1.54) is 15.4 Å². The van der Waals surface area contributed by atoms with Crippen molar-refractivity contribution in [2.24, 2.45) is 5.92 Å². The number of unbranched alkanes of at least 4 members (excludes halogenated alkanes) is 1. The summed E-state index contributed by atoms with van der Waals surface area (Å²) in [5.74, 6) is -0.0547. The second kappa shape index (κ2) is 9.17. The Morgan fingerprint density at radius 3 is 2.67 bits per heavy atom. The number of carbonyl (C=O) groups excluding carboxylic acids is 1. The Labute approximate surface area is 162 Å². The van der Waals surface area contributed by atoms with Crippen molar-refractivity contribution < 1.29 is 17.9 Å². The Morgan fingerprint density at radius 1 is 1.19 bits per heavy atom. The van der Waals surface area contributed by atoms with Crippen LogP contribution in [0.1, 0.15) is 43.2 Å². The van der Waals surface area contributed by atoms with Crippen LogP contribution < -0.4 is 5.32 Å². The monoisotopic (exact) mass is 394 g/mol. The maximum Gasteiger partial charge on any atom is 0.243 e. The van der Waals surface area contributed by atoms with Crippen LogP contribution in [0.4, 0.5) is 0 Å². The molecule has 1 heterocycles. The van der Waals surface area contributed by atoms with Crippen LogP contribution in [0.15, 0.2) is 23.1 Å². The van der Waals surface area contributed by atoms with Crippen LogP contribution in [-0.4, -0.2) is 52.0 Å². The lowest BCUT2D eigenvalue weighted by atomic mass is 9.97. The van der Waals surface area contributed by atoms with Gasteiger partial charge in [-0.2, -0.15) is 4.31 Å². The summed E-state index contributed by atoms with van der Waals surface area (Å²) in [5, 5.41) is 2.96. The van der Waals surface area contributed by atoms with Gasteiger partial charge in [-0.15, -0.1) is 0 Å². The van der Waals surface area contributed by atoms with Gasteiger partial charge in [-0.05, 0) is 68.2 Å². The minimum absolute atomic E-state index is 0.0435. The number of nitrogens with one attached hydrogen (secondary N) is 1. The molecule has 0 aromatic heterocycles. The van der Waals surface area contributed by atoms with E-state index in [0.717, 1.165) is 32.1 Å². The molecule has 0 atom stereocenters. The number of fused-ring (bicyclic) bond motifs is 1. The number of piperidine rings is 1. The molecule has 0 bridgehead atoms. The molecule has 0 spiro atoms. The molecule has 27 heavy (non-hydrogen) atoms. The topological polar surface area (TPSA) is 75.7 Å². The van der Waals surface area contributed by atoms with E-state index in [9.17, 15) is 13.2 Å². The molecule has 3 rings (SSSR count). The van der Waals surface area contributed by atoms with E-state index in [4.69, 9.17) is 4.74 Å². The normalized spacial score (nSPS) is 18.4. The molecule has 0 unspecified atom stereocenters. The van der Waals surface area contributed by atoms with Gasteiger partial charge in [0.2, 0.25) is 15.9 Å². The zero-order chi connectivity index (χ0) is 19.3. The summed E-state index contributed by atoms with van der Waals surface area (Å²) in [6, 6.07) is 5.54. The predicted molar refractivity (Wildman–Crippen MR) is 104 cm³/mol. The first-order valence-corrected chi connectivity index (χ1v) is 11.3. The van der Waals surface area contributed by atoms with Crippen LogP contribution >= 0.6 is 0 Å². The van der Waals surface area contributed by atoms with Crippen LogP contribution in [0.2, 0.25) is 0 Å². The van der Waals surface area contributed by atoms with Crippen molar-refractivity contribution in [2.75, 3.05) is 33.4 Å². The first-order valence-electron chi connectivity index (χ1n) is 9.91. The average molecular weight is 395 g/mol. The quantitative estimate of drug-likeness (QED) is 0.685. The first kappa shape index (κ1) is 20.3. The van der Waals surface area contributed by atoms with E-state index >= 15 is 0 Å². The molecule has 1 aliphatic carbocycles. The van der Waals surface area contributed by atoms with Gasteiger partial charge in [-0.3, -0.25) is 4.79 Å². The van der Waals surface area contributed by atoms with Gasteiger partial charge in [0.05, 0.1) is 4.90 Å². The molecule has 7 heteroatoms. The van der Waals surface area contributed by atoms with Gasteiger partial charge in [0.1, 0.15) is 0 Å². The van der Waals surface area contributed by atoms with Crippen LogP contribution in [0.3, 0.4) is 0 Å². The summed E-state index contributed by atoms with van der Waals surface area (Å²) in [7, 11) is -1.80. The highest BCUT2D eigenvalue weighted by atomic mass is 32.2. The average Bonchev–Trinajstić information content (AvgIpc) is 3.15. The zero-order valence-electron chi connectivity index (χ0n) is 16.1. The van der Waals surface area contributed by atoms with Crippen molar-refractivity contribution >= 4 is 15.9 Å². The van der Waals surface area contributed by atoms with Crippen molar-refractivity contribution in [2.45, 2.75) is 49.8 Å². The molecule has 1 saturated heterocycles. The van der Waals surface area contributed by atoms with Gasteiger partial charge in [0.15, 0.2) is 0 Å². The fraction of sp³-hybridized carbons (Fsp3) is 0.650. The lowest BCUT2D eigenvalue weighted by Crippen LogP contribution is -2.43. The number of rotatable bonds is 8. The third kappa shape index (κ3) is 4.89. The molecule has 150 valence electrons. The number of hydrogen-bond acceptors (Lipinski definition) is 4. The van der Waals surface area contributed by atoms with Crippen molar-refractivity contribution in [3.63, 3.8) is 0 Å². The summed E-state index contributed by atoms with van der Waals surface area (Å²) < 4.78 is 32.4. The Balaban J connectivity index is 1.51. The highest BCUT2D eigenvalue weighted by Gasteiger charge is 2.32. The molecular formula is C20H30N2O4S. The molecule has 1 aromatic carbocycles. The predicted octanol–water partition coefficient (Wildman–Crippen LogP) is 2.12. The number of amides is 1. The van der Waals surface area contributed by atoms with E-state index in [1.54, 1.807) is 13.2 Å². The number of hydrogen-bond donors (Lipinski definition) is 1. The van der Waals surface area contributed by atoms with Gasteiger partial charge >= 0.3 is 0 Å². The highest BCUT2D eigenvalue weighted by molar-refractivity contribution is 7.89. The Hall–Kier alpha value is -1.44. The molecule has 1 amide bonds. The second-order valence-electron chi connectivity index (χ2n) is 7.45. The van der Waals surface area contributed by atoms with Crippen LogP contribution in [-0.2, 0) is 32.4 Å². The van der Waals surface area contributed by atoms with Gasteiger partial charge in [-0.25, -0.2) is 8.42 Å². The number of carbonyl (C=O) groups is 1. The molecule has 1 aromatic rings. The Kier molecular flexibility index (Phi) is 6.89. The minimum Gasteiger partial charge on any atom is -0.385 e. The van der Waals surface area contributed by atoms with Crippen molar-refractivity contribution in [1.82, 2.24) is 9.62 Å². The third-order valence-corrected chi connectivity index (χ3v) is 7.50. The van der Waals surface area contributed by atoms with Crippen molar-refractivity contribution in [1.29, 1.82) is 0 Å². The molecular weight excluding hydrogens is 364 g/mol. The summed E-state index contributed by atoms with van der Waals surface area (Å²) in [6.45, 7) is 2.16. The molecule has 1 fully saturated rings. The van der Waals surface area contributed by atoms with E-state index in [2.05, 4.69) is 5.32 Å². The smallest absolute Gasteiger partial charge is 0.243 e. The molecule has 2 aliphatic rings. The van der Waals surface area contributed by atoms with Crippen LogP contribution in [0, 0.1) is 5.92 Å². The summed E-state index contributed by atoms with van der Waals surface area (Å²) in [4.78, 5) is 12.7. The Morgan fingerprint density at radius 2 is 1.93 bits per heavy atom. The van der Waals surface area contributed by atoms with E-state index in [-0.39, 0.29) is 11.8 Å². The van der Waals surface area contributed by atoms with Gasteiger partial charge in [-0.1, -0.05) is 6.07 Å². The fourth-order valence-electron chi connectivity index (χ4n) is 3.94. The Bertz CT molecular complexity index is 755. The first-order chi connectivity index (χ1) is 13.0. The largest absolute Gasteiger partial charge is 0.385 e. The molecule has 1 aliphatic heterocycles. The fourth-order valence-corrected chi connectivity index (χ4v) is 5.46. The van der Waals surface area contributed by atoms with Crippen LogP contribution in [0.25, 0.3) is 0 Å². The highest BCUT2D eigenvalue weighted by Crippen LogP contribution is 2.28.